The van der Waals surface area contributed by atoms with Gasteiger partial charge < -0.3 is 8.92 Å². The summed E-state index contributed by atoms with van der Waals surface area (Å²) in [6.07, 6.45) is 4.61. The van der Waals surface area contributed by atoms with Crippen molar-refractivity contribution in [3.8, 4) is 11.5 Å². The van der Waals surface area contributed by atoms with Crippen LogP contribution in [0.2, 0.25) is 0 Å². The summed E-state index contributed by atoms with van der Waals surface area (Å²) in [5.74, 6) is 1.44. The summed E-state index contributed by atoms with van der Waals surface area (Å²) < 4.78 is 61.4. The molecule has 0 radical (unpaired) electrons. The zero-order valence-corrected chi connectivity index (χ0v) is 18.7. The van der Waals surface area contributed by atoms with Gasteiger partial charge in [0.15, 0.2) is 11.5 Å². The highest BCUT2D eigenvalue weighted by Gasteiger charge is 2.56. The molecule has 0 heterocycles. The lowest BCUT2D eigenvalue weighted by Crippen LogP contribution is -2.45. The molecule has 9 nitrogen and oxygen atoms in total. The predicted octanol–water partition coefficient (Wildman–Crippen LogP) is 1.72. The van der Waals surface area contributed by atoms with E-state index < -0.39 is 20.6 Å². The zero-order chi connectivity index (χ0) is 21.9. The smallest absolute Gasteiger partial charge is 0.380 e. The van der Waals surface area contributed by atoms with Crippen molar-refractivity contribution in [2.45, 2.75) is 57.5 Å². The molecule has 30 heavy (non-hydrogen) atoms. The molecule has 0 saturated heterocycles. The van der Waals surface area contributed by atoms with Gasteiger partial charge >= 0.3 is 20.6 Å². The number of benzene rings is 1. The van der Waals surface area contributed by atoms with E-state index in [2.05, 4.69) is 6.92 Å². The van der Waals surface area contributed by atoms with Crippen LogP contribution in [0.4, 0.5) is 0 Å². The van der Waals surface area contributed by atoms with E-state index in [-0.39, 0.29) is 23.2 Å². The number of ether oxygens (including phenoxy) is 1. The lowest BCUT2D eigenvalue weighted by atomic mass is 9.55. The molecule has 0 amide bonds. The molecule has 0 aromatic heterocycles. The maximum absolute atomic E-state index is 11.5. The summed E-state index contributed by atoms with van der Waals surface area (Å²) >= 11 is 0. The Labute approximate surface area is 177 Å². The molecule has 0 spiro atoms. The highest BCUT2D eigenvalue weighted by atomic mass is 32.2. The number of rotatable bonds is 5. The zero-order valence-electron chi connectivity index (χ0n) is 17.0. The molecule has 0 bridgehead atoms. The third kappa shape index (κ3) is 3.93. The van der Waals surface area contributed by atoms with E-state index in [9.17, 15) is 16.8 Å². The van der Waals surface area contributed by atoms with Gasteiger partial charge in [0.1, 0.15) is 0 Å². The standard InChI is InChI=1S/C19H28N2O7S2/c1-19-8-7-12-13(15(19)5-6-18(19)28-30(21,24)25)4-3-11-9-17(27-29(20,22)23)16(26-2)10-14(11)12/h9-10,12-13,15,18H,3-8H2,1-2H3,(H2,20,22,23)(H2,21,24,25)/t12?,13?,15?,18?,19-/m0/s1. The Morgan fingerprint density at radius 3 is 2.37 bits per heavy atom. The summed E-state index contributed by atoms with van der Waals surface area (Å²) in [5.41, 5.74) is 1.95. The molecule has 1 aromatic carbocycles. The Balaban J connectivity index is 1.65. The quantitative estimate of drug-likeness (QED) is 0.679. The maximum atomic E-state index is 11.5. The lowest BCUT2D eigenvalue weighted by molar-refractivity contribution is -0.00805. The summed E-state index contributed by atoms with van der Waals surface area (Å²) in [4.78, 5) is 0. The second-order valence-corrected chi connectivity index (χ2v) is 11.2. The van der Waals surface area contributed by atoms with Gasteiger partial charge in [0.25, 0.3) is 0 Å². The van der Waals surface area contributed by atoms with Gasteiger partial charge in [-0.1, -0.05) is 6.92 Å². The molecule has 2 saturated carbocycles. The van der Waals surface area contributed by atoms with Crippen molar-refractivity contribution in [1.82, 2.24) is 0 Å². The average Bonchev–Trinajstić information content (AvgIpc) is 2.94. The second-order valence-electron chi connectivity index (χ2n) is 8.89. The van der Waals surface area contributed by atoms with Crippen LogP contribution in [0.15, 0.2) is 12.1 Å². The van der Waals surface area contributed by atoms with E-state index in [1.165, 1.54) is 7.11 Å². The highest BCUT2D eigenvalue weighted by Crippen LogP contribution is 2.62. The third-order valence-corrected chi connectivity index (χ3v) is 8.29. The van der Waals surface area contributed by atoms with Gasteiger partial charge in [-0.05, 0) is 85.0 Å². The molecule has 4 rings (SSSR count). The fourth-order valence-corrected chi connectivity index (χ4v) is 7.22. The number of methoxy groups -OCH3 is 1. The molecule has 5 atom stereocenters. The van der Waals surface area contributed by atoms with Crippen LogP contribution in [0, 0.1) is 17.3 Å². The molecular weight excluding hydrogens is 432 g/mol. The molecule has 2 fully saturated rings. The average molecular weight is 461 g/mol. The lowest BCUT2D eigenvalue weighted by Gasteiger charge is -2.50. The first-order chi connectivity index (χ1) is 13.9. The van der Waals surface area contributed by atoms with Crippen LogP contribution in [-0.4, -0.2) is 30.0 Å². The largest absolute Gasteiger partial charge is 0.493 e. The highest BCUT2D eigenvalue weighted by molar-refractivity contribution is 7.84. The maximum Gasteiger partial charge on any atom is 0.380 e. The SMILES string of the molecule is COc1cc2c(cc1OS(N)(=O)=O)CCC1C2CC[C@]2(C)C(OS(N)(=O)=O)CCC12. The van der Waals surface area contributed by atoms with Crippen molar-refractivity contribution >= 4 is 20.6 Å². The van der Waals surface area contributed by atoms with Gasteiger partial charge in [0, 0.05) is 0 Å². The van der Waals surface area contributed by atoms with Crippen LogP contribution in [-0.2, 0) is 31.2 Å². The Kier molecular flexibility index (Phi) is 5.33. The summed E-state index contributed by atoms with van der Waals surface area (Å²) in [7, 11) is -6.69. The number of aryl methyl sites for hydroxylation is 1. The normalized spacial score (nSPS) is 33.3. The van der Waals surface area contributed by atoms with Crippen molar-refractivity contribution in [1.29, 1.82) is 0 Å². The fourth-order valence-electron chi connectivity index (χ4n) is 6.20. The third-order valence-electron chi connectivity index (χ3n) is 7.38. The molecule has 11 heteroatoms. The second kappa shape index (κ2) is 7.33. The molecule has 4 unspecified atom stereocenters. The van der Waals surface area contributed by atoms with E-state index in [0.29, 0.717) is 24.0 Å². The Bertz CT molecular complexity index is 1060. The Morgan fingerprint density at radius 2 is 1.73 bits per heavy atom. The van der Waals surface area contributed by atoms with Crippen molar-refractivity contribution in [2.75, 3.05) is 7.11 Å². The molecule has 4 N–H and O–H groups in total. The van der Waals surface area contributed by atoms with Crippen LogP contribution < -0.4 is 19.2 Å². The first-order valence-electron chi connectivity index (χ1n) is 10.1. The molecule has 3 aliphatic carbocycles. The molecule has 168 valence electrons. The van der Waals surface area contributed by atoms with Crippen LogP contribution in [0.3, 0.4) is 0 Å². The summed E-state index contributed by atoms with van der Waals surface area (Å²) in [5, 5.41) is 10.2. The predicted molar refractivity (Wildman–Crippen MR) is 109 cm³/mol. The minimum absolute atomic E-state index is 0.0975. The number of hydrogen-bond acceptors (Lipinski definition) is 7. The summed E-state index contributed by atoms with van der Waals surface area (Å²) in [6, 6.07) is 3.58. The van der Waals surface area contributed by atoms with Crippen molar-refractivity contribution in [3.63, 3.8) is 0 Å². The van der Waals surface area contributed by atoms with Gasteiger partial charge in [-0.15, -0.1) is 0 Å². The van der Waals surface area contributed by atoms with Crippen molar-refractivity contribution in [3.05, 3.63) is 23.3 Å². The molecule has 1 aromatic rings. The van der Waals surface area contributed by atoms with Crippen molar-refractivity contribution in [2.24, 2.45) is 27.5 Å². The minimum Gasteiger partial charge on any atom is -0.493 e. The number of nitrogens with two attached hydrogens (primary N) is 2. The molecule has 3 aliphatic rings. The first-order valence-corrected chi connectivity index (χ1v) is 13.0. The monoisotopic (exact) mass is 460 g/mol. The van der Waals surface area contributed by atoms with Crippen LogP contribution in [0.1, 0.15) is 56.1 Å². The van der Waals surface area contributed by atoms with E-state index in [1.807, 2.05) is 6.07 Å². The Morgan fingerprint density at radius 1 is 1.00 bits per heavy atom. The molecule has 0 aliphatic heterocycles. The van der Waals surface area contributed by atoms with E-state index in [1.54, 1.807) is 6.07 Å². The van der Waals surface area contributed by atoms with Gasteiger partial charge in [-0.2, -0.15) is 22.0 Å². The fraction of sp³-hybridized carbons (Fsp3) is 0.684. The Hall–Kier alpha value is -1.40. The van der Waals surface area contributed by atoms with Crippen LogP contribution in [0.5, 0.6) is 11.5 Å². The van der Waals surface area contributed by atoms with Gasteiger partial charge in [0.05, 0.1) is 13.2 Å². The molecular formula is C19H28N2O7S2. The van der Waals surface area contributed by atoms with E-state index >= 15 is 0 Å². The topological polar surface area (TPSA) is 148 Å². The number of hydrogen-bond donors (Lipinski definition) is 2. The minimum atomic E-state index is -4.15. The summed E-state index contributed by atoms with van der Waals surface area (Å²) in [6.45, 7) is 2.12. The van der Waals surface area contributed by atoms with Crippen LogP contribution in [0.25, 0.3) is 0 Å². The van der Waals surface area contributed by atoms with Crippen molar-refractivity contribution < 1.29 is 29.9 Å². The number of fused-ring (bicyclic) bond motifs is 5. The van der Waals surface area contributed by atoms with Crippen LogP contribution >= 0.6 is 0 Å². The van der Waals surface area contributed by atoms with E-state index in [0.717, 1.165) is 43.2 Å². The van der Waals surface area contributed by atoms with Gasteiger partial charge in [-0.3, -0.25) is 4.18 Å². The van der Waals surface area contributed by atoms with Gasteiger partial charge in [-0.25, -0.2) is 5.14 Å². The van der Waals surface area contributed by atoms with Gasteiger partial charge in [0.2, 0.25) is 0 Å². The van der Waals surface area contributed by atoms with E-state index in [4.69, 9.17) is 23.4 Å². The first kappa shape index (κ1) is 21.8.